The van der Waals surface area contributed by atoms with E-state index in [1.807, 2.05) is 24.3 Å². The first-order valence-corrected chi connectivity index (χ1v) is 8.45. The number of benzene rings is 1. The number of imide groups is 1. The Balaban J connectivity index is 1.32. The number of imidazole rings is 1. The fourth-order valence-electron chi connectivity index (χ4n) is 2.95. The Morgan fingerprint density at radius 1 is 1.22 bits per heavy atom. The predicted octanol–water partition coefficient (Wildman–Crippen LogP) is 1.28. The Bertz CT molecular complexity index is 961. The van der Waals surface area contributed by atoms with Crippen molar-refractivity contribution in [1.29, 1.82) is 0 Å². The van der Waals surface area contributed by atoms with E-state index >= 15 is 0 Å². The summed E-state index contributed by atoms with van der Waals surface area (Å²) in [4.78, 5) is 45.0. The highest BCUT2D eigenvalue weighted by Crippen LogP contribution is 2.14. The van der Waals surface area contributed by atoms with Gasteiger partial charge in [-0.25, -0.2) is 9.78 Å². The molecule has 4 rings (SSSR count). The van der Waals surface area contributed by atoms with Crippen LogP contribution >= 0.6 is 0 Å². The van der Waals surface area contributed by atoms with Crippen LogP contribution in [0.4, 0.5) is 4.79 Å². The zero-order valence-corrected chi connectivity index (χ0v) is 14.3. The van der Waals surface area contributed by atoms with Gasteiger partial charge in [-0.05, 0) is 24.3 Å². The van der Waals surface area contributed by atoms with Gasteiger partial charge in [0.15, 0.2) is 0 Å². The first kappa shape index (κ1) is 16.8. The lowest BCUT2D eigenvalue weighted by atomic mass is 10.2. The predicted molar refractivity (Wildman–Crippen MR) is 94.1 cm³/mol. The number of para-hydroxylation sites is 2. The smallest absolute Gasteiger partial charge is 0.325 e. The first-order chi connectivity index (χ1) is 13.1. The van der Waals surface area contributed by atoms with E-state index in [1.165, 1.54) is 6.26 Å². The Morgan fingerprint density at radius 2 is 2.07 bits per heavy atom. The van der Waals surface area contributed by atoms with E-state index in [0.717, 1.165) is 15.9 Å². The number of urea groups is 1. The summed E-state index contributed by atoms with van der Waals surface area (Å²) in [6.45, 7) is 0.243. The number of carbonyl (C=O) groups is 3. The summed E-state index contributed by atoms with van der Waals surface area (Å²) in [5.41, 5.74) is 1.70. The molecule has 1 atom stereocenters. The zero-order valence-electron chi connectivity index (χ0n) is 14.3. The number of fused-ring (bicyclic) bond motifs is 1. The highest BCUT2D eigenvalue weighted by molar-refractivity contribution is 6.05. The fourth-order valence-corrected chi connectivity index (χ4v) is 2.95. The van der Waals surface area contributed by atoms with Crippen molar-refractivity contribution in [2.24, 2.45) is 0 Å². The maximum atomic E-state index is 12.4. The molecule has 0 aliphatic carbocycles. The molecule has 3 N–H and O–H groups in total. The SMILES string of the molecule is O=C(CC1NC(=O)N(Cc2ccco2)C1=O)NCc1nc2ccccc2[nH]1. The quantitative estimate of drug-likeness (QED) is 0.567. The minimum Gasteiger partial charge on any atom is -0.467 e. The number of H-pyrrole nitrogens is 1. The van der Waals surface area contributed by atoms with Gasteiger partial charge in [0.2, 0.25) is 5.91 Å². The van der Waals surface area contributed by atoms with Crippen molar-refractivity contribution in [1.82, 2.24) is 25.5 Å². The number of carbonyl (C=O) groups excluding carboxylic acids is 3. The van der Waals surface area contributed by atoms with Gasteiger partial charge in [-0.2, -0.15) is 0 Å². The molecule has 1 aliphatic heterocycles. The molecule has 0 spiro atoms. The topological polar surface area (TPSA) is 120 Å². The van der Waals surface area contributed by atoms with Crippen LogP contribution in [0, 0.1) is 0 Å². The molecule has 9 heteroatoms. The van der Waals surface area contributed by atoms with Crippen molar-refractivity contribution >= 4 is 28.9 Å². The van der Waals surface area contributed by atoms with E-state index in [-0.39, 0.29) is 25.4 Å². The van der Waals surface area contributed by atoms with Crippen LogP contribution in [0.25, 0.3) is 11.0 Å². The van der Waals surface area contributed by atoms with E-state index in [9.17, 15) is 14.4 Å². The van der Waals surface area contributed by atoms with Gasteiger partial charge in [-0.15, -0.1) is 0 Å². The number of aromatic nitrogens is 2. The molecule has 138 valence electrons. The number of furan rings is 1. The Morgan fingerprint density at radius 3 is 2.85 bits per heavy atom. The molecule has 3 heterocycles. The van der Waals surface area contributed by atoms with Gasteiger partial charge in [0.25, 0.3) is 5.91 Å². The van der Waals surface area contributed by atoms with Crippen molar-refractivity contribution in [3.8, 4) is 0 Å². The van der Waals surface area contributed by atoms with E-state index < -0.39 is 18.0 Å². The lowest BCUT2D eigenvalue weighted by Gasteiger charge is -2.11. The second-order valence-corrected chi connectivity index (χ2v) is 6.19. The maximum absolute atomic E-state index is 12.4. The van der Waals surface area contributed by atoms with Crippen molar-refractivity contribution in [3.05, 3.63) is 54.2 Å². The van der Waals surface area contributed by atoms with Gasteiger partial charge in [-0.3, -0.25) is 14.5 Å². The van der Waals surface area contributed by atoms with Crippen LogP contribution in [0.2, 0.25) is 0 Å². The number of hydrogen-bond acceptors (Lipinski definition) is 5. The van der Waals surface area contributed by atoms with Gasteiger partial charge in [0, 0.05) is 0 Å². The highest BCUT2D eigenvalue weighted by Gasteiger charge is 2.39. The van der Waals surface area contributed by atoms with Crippen molar-refractivity contribution in [2.75, 3.05) is 0 Å². The van der Waals surface area contributed by atoms with E-state index in [1.54, 1.807) is 12.1 Å². The van der Waals surface area contributed by atoms with Crippen molar-refractivity contribution < 1.29 is 18.8 Å². The van der Waals surface area contributed by atoms with Gasteiger partial charge in [0.1, 0.15) is 17.6 Å². The lowest BCUT2D eigenvalue weighted by Crippen LogP contribution is -2.36. The van der Waals surface area contributed by atoms with Crippen LogP contribution in [-0.2, 0) is 22.7 Å². The normalized spacial score (nSPS) is 16.7. The largest absolute Gasteiger partial charge is 0.467 e. The number of aromatic amines is 1. The molecule has 3 aromatic rings. The molecule has 1 unspecified atom stereocenters. The Labute approximate surface area is 153 Å². The van der Waals surface area contributed by atoms with E-state index in [0.29, 0.717) is 11.6 Å². The summed E-state index contributed by atoms with van der Waals surface area (Å²) >= 11 is 0. The molecule has 0 saturated carbocycles. The third-order valence-corrected chi connectivity index (χ3v) is 4.28. The summed E-state index contributed by atoms with van der Waals surface area (Å²) in [7, 11) is 0. The first-order valence-electron chi connectivity index (χ1n) is 8.45. The molecular formula is C18H17N5O4. The average molecular weight is 367 g/mol. The zero-order chi connectivity index (χ0) is 18.8. The van der Waals surface area contributed by atoms with E-state index in [2.05, 4.69) is 20.6 Å². The number of hydrogen-bond donors (Lipinski definition) is 3. The van der Waals surface area contributed by atoms with Crippen LogP contribution in [0.3, 0.4) is 0 Å². The summed E-state index contributed by atoms with van der Waals surface area (Å²) < 4.78 is 5.16. The minimum absolute atomic E-state index is 0.0365. The van der Waals surface area contributed by atoms with E-state index in [4.69, 9.17) is 4.42 Å². The molecule has 1 fully saturated rings. The van der Waals surface area contributed by atoms with Gasteiger partial charge >= 0.3 is 6.03 Å². The van der Waals surface area contributed by atoms with Crippen molar-refractivity contribution in [3.63, 3.8) is 0 Å². The van der Waals surface area contributed by atoms with Gasteiger partial charge < -0.3 is 20.0 Å². The van der Waals surface area contributed by atoms with Gasteiger partial charge in [0.05, 0.1) is 36.8 Å². The monoisotopic (exact) mass is 367 g/mol. The standard InChI is InChI=1S/C18H17N5O4/c24-16(19-9-15-20-12-5-1-2-6-13(12)21-15)8-14-17(25)23(18(26)22-14)10-11-4-3-7-27-11/h1-7,14H,8-10H2,(H,19,24)(H,20,21)(H,22,26). The number of amides is 4. The average Bonchev–Trinajstić information content (AvgIpc) is 3.36. The minimum atomic E-state index is -0.886. The Kier molecular flexibility index (Phi) is 4.33. The second-order valence-electron chi connectivity index (χ2n) is 6.19. The highest BCUT2D eigenvalue weighted by atomic mass is 16.3. The second kappa shape index (κ2) is 6.94. The molecule has 1 saturated heterocycles. The molecular weight excluding hydrogens is 350 g/mol. The molecule has 2 aromatic heterocycles. The van der Waals surface area contributed by atoms with Crippen molar-refractivity contribution in [2.45, 2.75) is 25.6 Å². The number of nitrogens with zero attached hydrogens (tertiary/aromatic N) is 2. The molecule has 0 bridgehead atoms. The molecule has 1 aromatic carbocycles. The fraction of sp³-hybridized carbons (Fsp3) is 0.222. The van der Waals surface area contributed by atoms with Crippen LogP contribution in [0.1, 0.15) is 18.0 Å². The van der Waals surface area contributed by atoms with Crippen LogP contribution < -0.4 is 10.6 Å². The van der Waals surface area contributed by atoms with Gasteiger partial charge in [-0.1, -0.05) is 12.1 Å². The molecule has 1 aliphatic rings. The third kappa shape index (κ3) is 3.52. The lowest BCUT2D eigenvalue weighted by molar-refractivity contribution is -0.131. The molecule has 9 nitrogen and oxygen atoms in total. The van der Waals surface area contributed by atoms with Crippen LogP contribution in [0.15, 0.2) is 47.1 Å². The summed E-state index contributed by atoms with van der Waals surface area (Å²) in [5.74, 6) is 0.309. The Hall–Kier alpha value is -3.62. The van der Waals surface area contributed by atoms with Crippen LogP contribution in [0.5, 0.6) is 0 Å². The maximum Gasteiger partial charge on any atom is 0.325 e. The van der Waals surface area contributed by atoms with Crippen LogP contribution in [-0.4, -0.2) is 38.8 Å². The third-order valence-electron chi connectivity index (χ3n) is 4.28. The molecule has 4 amide bonds. The number of rotatable bonds is 6. The number of nitrogens with one attached hydrogen (secondary N) is 3. The molecule has 0 radical (unpaired) electrons. The summed E-state index contributed by atoms with van der Waals surface area (Å²) in [5, 5.41) is 5.24. The summed E-state index contributed by atoms with van der Waals surface area (Å²) in [6.07, 6.45) is 1.33. The summed E-state index contributed by atoms with van der Waals surface area (Å²) in [6, 6.07) is 9.48. The molecule has 27 heavy (non-hydrogen) atoms.